The molecule has 3 aromatic carbocycles. The fraction of sp³-hybridized carbons (Fsp3) is 0.447. The highest BCUT2D eigenvalue weighted by atomic mass is 16.7. The van der Waals surface area contributed by atoms with Crippen molar-refractivity contribution in [3.05, 3.63) is 77.9 Å². The van der Waals surface area contributed by atoms with E-state index in [-0.39, 0.29) is 61.9 Å². The lowest BCUT2D eigenvalue weighted by atomic mass is 10.0. The third kappa shape index (κ3) is 9.66. The number of aliphatic hydroxyl groups is 1. The maximum absolute atomic E-state index is 14.4. The fourth-order valence-electron chi connectivity index (χ4n) is 6.01. The maximum atomic E-state index is 14.4. The van der Waals surface area contributed by atoms with Crippen molar-refractivity contribution in [1.82, 2.24) is 9.80 Å². The molecule has 0 unspecified atom stereocenters. The van der Waals surface area contributed by atoms with Crippen molar-refractivity contribution in [3.8, 4) is 17.2 Å². The van der Waals surface area contributed by atoms with Gasteiger partial charge in [-0.25, -0.2) is 4.79 Å². The molecule has 0 saturated carbocycles. The molecule has 0 bridgehead atoms. The predicted molar refractivity (Wildman–Crippen MR) is 190 cm³/mol. The van der Waals surface area contributed by atoms with Gasteiger partial charge in [0.2, 0.25) is 12.7 Å². The van der Waals surface area contributed by atoms with Gasteiger partial charge in [-0.3, -0.25) is 9.59 Å². The molecule has 4 amide bonds. The molecule has 50 heavy (non-hydrogen) atoms. The van der Waals surface area contributed by atoms with Crippen LogP contribution < -0.4 is 24.8 Å². The predicted octanol–water partition coefficient (Wildman–Crippen LogP) is 5.56. The Kier molecular flexibility index (Phi) is 12.6. The van der Waals surface area contributed by atoms with Crippen LogP contribution in [0.4, 0.5) is 16.2 Å². The molecule has 12 heteroatoms. The van der Waals surface area contributed by atoms with Crippen LogP contribution in [0.15, 0.2) is 66.7 Å². The number of anilines is 2. The Labute approximate surface area is 293 Å². The van der Waals surface area contributed by atoms with Crippen molar-refractivity contribution in [2.45, 2.75) is 64.7 Å². The number of likely N-dealkylation sites (N-methyl/N-ethyl adjacent to an activating group) is 1. The van der Waals surface area contributed by atoms with Crippen LogP contribution in [-0.2, 0) is 16.0 Å². The molecule has 3 aromatic rings. The fourth-order valence-corrected chi connectivity index (χ4v) is 6.01. The second-order valence-corrected chi connectivity index (χ2v) is 13.1. The molecule has 0 spiro atoms. The molecule has 2 heterocycles. The average molecular weight is 689 g/mol. The molecule has 2 aliphatic rings. The van der Waals surface area contributed by atoms with Crippen molar-refractivity contribution in [2.75, 3.05) is 50.8 Å². The normalized spacial score (nSPS) is 20.1. The van der Waals surface area contributed by atoms with Crippen molar-refractivity contribution in [1.29, 1.82) is 0 Å². The molecule has 3 N–H and O–H groups in total. The van der Waals surface area contributed by atoms with Crippen LogP contribution in [0.5, 0.6) is 17.2 Å². The summed E-state index contributed by atoms with van der Waals surface area (Å²) in [6, 6.07) is 18.7. The Bertz CT molecular complexity index is 1620. The molecule has 4 atom stereocenters. The molecule has 0 radical (unpaired) electrons. The zero-order valence-corrected chi connectivity index (χ0v) is 29.2. The van der Waals surface area contributed by atoms with Gasteiger partial charge in [0.15, 0.2) is 11.5 Å². The van der Waals surface area contributed by atoms with Crippen LogP contribution in [0.25, 0.3) is 0 Å². The highest BCUT2D eigenvalue weighted by Gasteiger charge is 2.31. The first kappa shape index (κ1) is 36.5. The molecule has 0 aromatic heterocycles. The number of hydrogen-bond donors (Lipinski definition) is 3. The van der Waals surface area contributed by atoms with Crippen LogP contribution >= 0.6 is 0 Å². The molecule has 0 aliphatic carbocycles. The van der Waals surface area contributed by atoms with E-state index < -0.39 is 12.1 Å². The topological polar surface area (TPSA) is 139 Å². The van der Waals surface area contributed by atoms with E-state index in [2.05, 4.69) is 10.6 Å². The van der Waals surface area contributed by atoms with Crippen LogP contribution in [0.3, 0.4) is 0 Å². The summed E-state index contributed by atoms with van der Waals surface area (Å²) in [6.45, 7) is 6.70. The van der Waals surface area contributed by atoms with E-state index in [1.54, 1.807) is 60.2 Å². The Morgan fingerprint density at radius 3 is 2.40 bits per heavy atom. The van der Waals surface area contributed by atoms with Gasteiger partial charge in [0.1, 0.15) is 5.75 Å². The number of rotatable bonds is 8. The van der Waals surface area contributed by atoms with Crippen LogP contribution in [0.1, 0.15) is 56.0 Å². The van der Waals surface area contributed by atoms with Gasteiger partial charge < -0.3 is 44.5 Å². The summed E-state index contributed by atoms with van der Waals surface area (Å²) in [4.78, 5) is 43.9. The first-order valence-corrected chi connectivity index (χ1v) is 17.2. The van der Waals surface area contributed by atoms with Gasteiger partial charge in [0, 0.05) is 50.1 Å². The first-order valence-electron chi connectivity index (χ1n) is 17.2. The summed E-state index contributed by atoms with van der Waals surface area (Å²) in [7, 11) is 1.78. The lowest BCUT2D eigenvalue weighted by molar-refractivity contribution is -0.131. The van der Waals surface area contributed by atoms with E-state index in [4.69, 9.17) is 18.9 Å². The van der Waals surface area contributed by atoms with Gasteiger partial charge in [-0.1, -0.05) is 37.3 Å². The zero-order chi connectivity index (χ0) is 35.6. The average Bonchev–Trinajstić information content (AvgIpc) is 3.58. The SMILES string of the molecule is C[C@@H]1CCCCO[C@H](CN(C)C(=O)Cc2ccccc2)[C@H](C)CN([C@@H](C)CO)C(=O)c2cc(NC(=O)Nc3ccc4c(c3)OCO4)ccc2O1. The van der Waals surface area contributed by atoms with Crippen molar-refractivity contribution >= 4 is 29.2 Å². The molecule has 12 nitrogen and oxygen atoms in total. The van der Waals surface area contributed by atoms with Gasteiger partial charge in [-0.2, -0.15) is 0 Å². The van der Waals surface area contributed by atoms with Crippen molar-refractivity contribution < 1.29 is 38.4 Å². The van der Waals surface area contributed by atoms with Crippen LogP contribution in [0, 0.1) is 5.92 Å². The lowest BCUT2D eigenvalue weighted by Crippen LogP contribution is -2.48. The van der Waals surface area contributed by atoms with Gasteiger partial charge in [-0.05, 0) is 69.0 Å². The lowest BCUT2D eigenvalue weighted by Gasteiger charge is -2.36. The summed E-state index contributed by atoms with van der Waals surface area (Å²) < 4.78 is 23.5. The number of carbonyl (C=O) groups excluding carboxylic acids is 3. The number of fused-ring (bicyclic) bond motifs is 2. The quantitative estimate of drug-likeness (QED) is 0.280. The monoisotopic (exact) mass is 688 g/mol. The number of carbonyl (C=O) groups is 3. The number of nitrogens with zero attached hydrogens (tertiary/aromatic N) is 2. The molecule has 0 fully saturated rings. The summed E-state index contributed by atoms with van der Waals surface area (Å²) in [5, 5.41) is 15.9. The highest BCUT2D eigenvalue weighted by Crippen LogP contribution is 2.34. The number of aliphatic hydroxyl groups excluding tert-OH is 1. The van der Waals surface area contributed by atoms with Gasteiger partial charge in [-0.15, -0.1) is 0 Å². The number of benzene rings is 3. The number of nitrogens with one attached hydrogen (secondary N) is 2. The third-order valence-electron chi connectivity index (χ3n) is 9.02. The minimum atomic E-state index is -0.535. The van der Waals surface area contributed by atoms with Crippen molar-refractivity contribution in [3.63, 3.8) is 0 Å². The minimum absolute atomic E-state index is 0.0226. The molecular weight excluding hydrogens is 640 g/mol. The van der Waals surface area contributed by atoms with Gasteiger partial charge >= 0.3 is 6.03 Å². The van der Waals surface area contributed by atoms with Crippen molar-refractivity contribution in [2.24, 2.45) is 5.92 Å². The largest absolute Gasteiger partial charge is 0.490 e. The molecule has 2 aliphatic heterocycles. The number of amides is 4. The first-order chi connectivity index (χ1) is 24.1. The zero-order valence-electron chi connectivity index (χ0n) is 29.2. The Morgan fingerprint density at radius 2 is 1.66 bits per heavy atom. The van der Waals surface area contributed by atoms with E-state index in [1.807, 2.05) is 44.2 Å². The van der Waals surface area contributed by atoms with E-state index >= 15 is 0 Å². The number of urea groups is 1. The molecule has 5 rings (SSSR count). The molecule has 0 saturated heterocycles. The second kappa shape index (κ2) is 17.2. The second-order valence-electron chi connectivity index (χ2n) is 13.1. The smallest absolute Gasteiger partial charge is 0.323 e. The van der Waals surface area contributed by atoms with E-state index in [0.29, 0.717) is 41.8 Å². The summed E-state index contributed by atoms with van der Waals surface area (Å²) in [5.41, 5.74) is 2.10. The minimum Gasteiger partial charge on any atom is -0.490 e. The Balaban J connectivity index is 1.36. The van der Waals surface area contributed by atoms with E-state index in [9.17, 15) is 19.5 Å². The third-order valence-corrected chi connectivity index (χ3v) is 9.02. The Morgan fingerprint density at radius 1 is 0.960 bits per heavy atom. The van der Waals surface area contributed by atoms with Gasteiger partial charge in [0.05, 0.1) is 36.8 Å². The van der Waals surface area contributed by atoms with Crippen LogP contribution in [0.2, 0.25) is 0 Å². The highest BCUT2D eigenvalue weighted by molar-refractivity contribution is 6.02. The Hall–Kier alpha value is -4.81. The maximum Gasteiger partial charge on any atom is 0.323 e. The summed E-state index contributed by atoms with van der Waals surface area (Å²) in [5.74, 6) is 0.960. The number of ether oxygens (including phenoxy) is 4. The van der Waals surface area contributed by atoms with E-state index in [0.717, 1.165) is 24.8 Å². The van der Waals surface area contributed by atoms with Crippen LogP contribution in [-0.4, -0.2) is 91.1 Å². The summed E-state index contributed by atoms with van der Waals surface area (Å²) in [6.07, 6.45) is 2.12. The van der Waals surface area contributed by atoms with Gasteiger partial charge in [0.25, 0.3) is 5.91 Å². The molecule has 268 valence electrons. The van der Waals surface area contributed by atoms with E-state index in [1.165, 1.54) is 0 Å². The molecular formula is C38H48N4O8. The summed E-state index contributed by atoms with van der Waals surface area (Å²) >= 11 is 0. The standard InChI is InChI=1S/C38H48N4O8/c1-25-21-42(26(2)23-43)37(45)31-19-29(39-38(46)40-30-14-16-33-34(20-30)49-24-48-33)13-15-32(31)50-27(3)10-8-9-17-47-35(25)22-41(4)36(44)18-28-11-6-5-7-12-28/h5-7,11-16,19-20,25-27,35,43H,8-10,17-18,21-24H2,1-4H3,(H2,39,40,46)/t25-,26+,27-,35-/m1/s1. The number of hydrogen-bond acceptors (Lipinski definition) is 8.